The summed E-state index contributed by atoms with van der Waals surface area (Å²) in [5, 5.41) is 5.71. The highest BCUT2D eigenvalue weighted by molar-refractivity contribution is 5.94. The second kappa shape index (κ2) is 10.0. The van der Waals surface area contributed by atoms with Gasteiger partial charge in [0.2, 0.25) is 5.91 Å². The van der Waals surface area contributed by atoms with E-state index in [4.69, 9.17) is 5.73 Å². The fourth-order valence-corrected chi connectivity index (χ4v) is 2.19. The maximum absolute atomic E-state index is 11.9. The van der Waals surface area contributed by atoms with Crippen molar-refractivity contribution < 1.29 is 9.59 Å². The van der Waals surface area contributed by atoms with Crippen molar-refractivity contribution in [2.24, 2.45) is 11.7 Å². The van der Waals surface area contributed by atoms with Gasteiger partial charge in [-0.15, -0.1) is 0 Å². The van der Waals surface area contributed by atoms with Crippen molar-refractivity contribution in [1.82, 2.24) is 10.6 Å². The zero-order chi connectivity index (χ0) is 17.2. The van der Waals surface area contributed by atoms with Crippen molar-refractivity contribution in [3.05, 3.63) is 35.4 Å². The fourth-order valence-electron chi connectivity index (χ4n) is 2.19. The number of carbonyl (C=O) groups excluding carboxylic acids is 2. The highest BCUT2D eigenvalue weighted by Gasteiger charge is 2.14. The van der Waals surface area contributed by atoms with Gasteiger partial charge < -0.3 is 16.4 Å². The van der Waals surface area contributed by atoms with Gasteiger partial charge in [-0.25, -0.2) is 0 Å². The molecule has 4 N–H and O–H groups in total. The molecule has 128 valence electrons. The molecule has 0 aliphatic carbocycles. The van der Waals surface area contributed by atoms with Crippen LogP contribution in [0.1, 0.15) is 56.0 Å². The summed E-state index contributed by atoms with van der Waals surface area (Å²) in [6.07, 6.45) is 2.70. The molecule has 5 heteroatoms. The Kier molecular flexibility index (Phi) is 8.33. The lowest BCUT2D eigenvalue weighted by Gasteiger charge is -2.14. The average molecular weight is 319 g/mol. The standard InChI is InChI=1S/C18H29N3O2/c1-4-5-10-20-17(22)15-8-6-14(7-9-15)12-21-18(23)16(19)11-13(2)3/h6-9,13,16H,4-5,10-12,19H2,1-3H3,(H,20,22)(H,21,23)/t16-/m0/s1. The predicted molar refractivity (Wildman–Crippen MR) is 93.0 cm³/mol. The van der Waals surface area contributed by atoms with E-state index in [2.05, 4.69) is 17.6 Å². The Morgan fingerprint density at radius 2 is 1.78 bits per heavy atom. The minimum absolute atomic E-state index is 0.0620. The first-order valence-electron chi connectivity index (χ1n) is 8.34. The number of hydrogen-bond donors (Lipinski definition) is 3. The van der Waals surface area contributed by atoms with Gasteiger partial charge in [-0.1, -0.05) is 39.3 Å². The first kappa shape index (κ1) is 19.2. The highest BCUT2D eigenvalue weighted by Crippen LogP contribution is 2.06. The van der Waals surface area contributed by atoms with E-state index in [1.165, 1.54) is 0 Å². The molecule has 1 aromatic carbocycles. The average Bonchev–Trinajstić information content (AvgIpc) is 2.52. The smallest absolute Gasteiger partial charge is 0.251 e. The van der Waals surface area contributed by atoms with Crippen molar-refractivity contribution in [3.63, 3.8) is 0 Å². The number of hydrogen-bond acceptors (Lipinski definition) is 3. The van der Waals surface area contributed by atoms with Crippen LogP contribution < -0.4 is 16.4 Å². The maximum atomic E-state index is 11.9. The van der Waals surface area contributed by atoms with Crippen molar-refractivity contribution in [3.8, 4) is 0 Å². The molecule has 0 aliphatic rings. The van der Waals surface area contributed by atoms with Crippen LogP contribution in [0, 0.1) is 5.92 Å². The van der Waals surface area contributed by atoms with E-state index in [9.17, 15) is 9.59 Å². The molecule has 0 unspecified atom stereocenters. The van der Waals surface area contributed by atoms with Crippen LogP contribution in [-0.2, 0) is 11.3 Å². The summed E-state index contributed by atoms with van der Waals surface area (Å²) in [7, 11) is 0. The van der Waals surface area contributed by atoms with E-state index in [1.54, 1.807) is 12.1 Å². The van der Waals surface area contributed by atoms with E-state index in [0.29, 0.717) is 31.0 Å². The predicted octanol–water partition coefficient (Wildman–Crippen LogP) is 2.21. The minimum Gasteiger partial charge on any atom is -0.352 e. The third kappa shape index (κ3) is 7.28. The monoisotopic (exact) mass is 319 g/mol. The Morgan fingerprint density at radius 1 is 1.13 bits per heavy atom. The number of nitrogens with two attached hydrogens (primary N) is 1. The molecule has 0 heterocycles. The van der Waals surface area contributed by atoms with Crippen LogP contribution in [0.15, 0.2) is 24.3 Å². The number of nitrogens with one attached hydrogen (secondary N) is 2. The molecule has 23 heavy (non-hydrogen) atoms. The number of amides is 2. The van der Waals surface area contributed by atoms with Gasteiger partial charge in [0.1, 0.15) is 0 Å². The molecule has 1 aromatic rings. The Morgan fingerprint density at radius 3 is 2.35 bits per heavy atom. The molecule has 1 atom stereocenters. The molecule has 0 saturated carbocycles. The summed E-state index contributed by atoms with van der Waals surface area (Å²) >= 11 is 0. The third-order valence-electron chi connectivity index (χ3n) is 3.56. The molecular formula is C18H29N3O2. The Hall–Kier alpha value is -1.88. The van der Waals surface area contributed by atoms with Gasteiger partial charge in [0.15, 0.2) is 0 Å². The van der Waals surface area contributed by atoms with E-state index < -0.39 is 6.04 Å². The van der Waals surface area contributed by atoms with Gasteiger partial charge in [0, 0.05) is 18.7 Å². The second-order valence-corrected chi connectivity index (χ2v) is 6.26. The summed E-state index contributed by atoms with van der Waals surface area (Å²) in [5.41, 5.74) is 7.42. The molecule has 2 amide bonds. The Balaban J connectivity index is 2.45. The Bertz CT molecular complexity index is 497. The quantitative estimate of drug-likeness (QED) is 0.610. The van der Waals surface area contributed by atoms with Crippen molar-refractivity contribution in [2.75, 3.05) is 6.54 Å². The molecule has 0 aliphatic heterocycles. The molecular weight excluding hydrogens is 290 g/mol. The largest absolute Gasteiger partial charge is 0.352 e. The summed E-state index contributed by atoms with van der Waals surface area (Å²) in [6, 6.07) is 6.78. The molecule has 0 saturated heterocycles. The van der Waals surface area contributed by atoms with Crippen LogP contribution in [0.4, 0.5) is 0 Å². The second-order valence-electron chi connectivity index (χ2n) is 6.26. The van der Waals surface area contributed by atoms with Crippen molar-refractivity contribution >= 4 is 11.8 Å². The van der Waals surface area contributed by atoms with Gasteiger partial charge in [0.05, 0.1) is 6.04 Å². The van der Waals surface area contributed by atoms with Gasteiger partial charge in [-0.05, 0) is 36.5 Å². The van der Waals surface area contributed by atoms with Crippen LogP contribution in [0.3, 0.4) is 0 Å². The summed E-state index contributed by atoms with van der Waals surface area (Å²) < 4.78 is 0. The highest BCUT2D eigenvalue weighted by atomic mass is 16.2. The van der Waals surface area contributed by atoms with E-state index in [1.807, 2.05) is 26.0 Å². The van der Waals surface area contributed by atoms with E-state index >= 15 is 0 Å². The summed E-state index contributed by atoms with van der Waals surface area (Å²) in [5.74, 6) is 0.189. The number of rotatable bonds is 9. The first-order chi connectivity index (χ1) is 10.9. The maximum Gasteiger partial charge on any atom is 0.251 e. The summed E-state index contributed by atoms with van der Waals surface area (Å²) in [4.78, 5) is 23.8. The van der Waals surface area contributed by atoms with Gasteiger partial charge >= 0.3 is 0 Å². The van der Waals surface area contributed by atoms with Crippen molar-refractivity contribution in [1.29, 1.82) is 0 Å². The molecule has 0 aromatic heterocycles. The van der Waals surface area contributed by atoms with Gasteiger partial charge in [0.25, 0.3) is 5.91 Å². The zero-order valence-electron chi connectivity index (χ0n) is 14.4. The third-order valence-corrected chi connectivity index (χ3v) is 3.56. The lowest BCUT2D eigenvalue weighted by molar-refractivity contribution is -0.122. The normalized spacial score (nSPS) is 12.0. The molecule has 5 nitrogen and oxygen atoms in total. The molecule has 0 radical (unpaired) electrons. The zero-order valence-corrected chi connectivity index (χ0v) is 14.4. The number of benzene rings is 1. The number of carbonyl (C=O) groups is 2. The molecule has 0 bridgehead atoms. The van der Waals surface area contributed by atoms with Crippen LogP contribution in [0.2, 0.25) is 0 Å². The fraction of sp³-hybridized carbons (Fsp3) is 0.556. The topological polar surface area (TPSA) is 84.2 Å². The van der Waals surface area contributed by atoms with E-state index in [0.717, 1.165) is 18.4 Å². The number of unbranched alkanes of at least 4 members (excludes halogenated alkanes) is 1. The summed E-state index contributed by atoms with van der Waals surface area (Å²) in [6.45, 7) is 7.28. The lowest BCUT2D eigenvalue weighted by Crippen LogP contribution is -2.41. The molecule has 0 spiro atoms. The van der Waals surface area contributed by atoms with Gasteiger partial charge in [-0.2, -0.15) is 0 Å². The first-order valence-corrected chi connectivity index (χ1v) is 8.34. The SMILES string of the molecule is CCCCNC(=O)c1ccc(CNC(=O)[C@@H](N)CC(C)C)cc1. The molecule has 1 rings (SSSR count). The lowest BCUT2D eigenvalue weighted by atomic mass is 10.0. The minimum atomic E-state index is -0.474. The van der Waals surface area contributed by atoms with E-state index in [-0.39, 0.29) is 11.8 Å². The van der Waals surface area contributed by atoms with Gasteiger partial charge in [-0.3, -0.25) is 9.59 Å². The van der Waals surface area contributed by atoms with Crippen LogP contribution in [0.5, 0.6) is 0 Å². The van der Waals surface area contributed by atoms with Crippen LogP contribution in [-0.4, -0.2) is 24.4 Å². The van der Waals surface area contributed by atoms with Crippen molar-refractivity contribution in [2.45, 2.75) is 52.6 Å². The Labute approximate surface area is 139 Å². The molecule has 0 fully saturated rings. The van der Waals surface area contributed by atoms with Crippen LogP contribution in [0.25, 0.3) is 0 Å². The van der Waals surface area contributed by atoms with Crippen LogP contribution >= 0.6 is 0 Å².